The summed E-state index contributed by atoms with van der Waals surface area (Å²) in [6, 6.07) is 26.9. The summed E-state index contributed by atoms with van der Waals surface area (Å²) in [7, 11) is 1.96. The van der Waals surface area contributed by atoms with Crippen LogP contribution in [0.25, 0.3) is 5.57 Å². The van der Waals surface area contributed by atoms with Gasteiger partial charge in [0.2, 0.25) is 5.91 Å². The second-order valence-electron chi connectivity index (χ2n) is 9.29. The highest BCUT2D eigenvalue weighted by Gasteiger charge is 2.22. The van der Waals surface area contributed by atoms with Crippen LogP contribution in [0.5, 0.6) is 5.75 Å². The molecule has 3 aromatic rings. The zero-order valence-corrected chi connectivity index (χ0v) is 20.4. The summed E-state index contributed by atoms with van der Waals surface area (Å²) in [6.07, 6.45) is 8.94. The smallest absolute Gasteiger partial charge is 0.247 e. The van der Waals surface area contributed by atoms with Gasteiger partial charge in [-0.15, -0.1) is 0 Å². The van der Waals surface area contributed by atoms with Gasteiger partial charge in [0.25, 0.3) is 0 Å². The maximum Gasteiger partial charge on any atom is 0.247 e. The molecule has 0 atom stereocenters. The maximum atomic E-state index is 13.5. The molecule has 1 saturated carbocycles. The van der Waals surface area contributed by atoms with Crippen LogP contribution in [0.15, 0.2) is 84.9 Å². The SMILES string of the molecule is Cc1ccc(OCc2ccccc2)c(/C(=C/C(=O)N(C)C2CCCCCC2)c2ccccc2)c1. The van der Waals surface area contributed by atoms with Gasteiger partial charge in [-0.25, -0.2) is 0 Å². The van der Waals surface area contributed by atoms with Crippen LogP contribution < -0.4 is 4.74 Å². The zero-order chi connectivity index (χ0) is 23.8. The highest BCUT2D eigenvalue weighted by Crippen LogP contribution is 2.33. The maximum absolute atomic E-state index is 13.5. The monoisotopic (exact) mass is 453 g/mol. The highest BCUT2D eigenvalue weighted by molar-refractivity contribution is 6.00. The Morgan fingerprint density at radius 2 is 1.56 bits per heavy atom. The first-order valence-electron chi connectivity index (χ1n) is 12.4. The van der Waals surface area contributed by atoms with E-state index in [1.807, 2.05) is 60.5 Å². The average molecular weight is 454 g/mol. The minimum atomic E-state index is 0.0567. The van der Waals surface area contributed by atoms with Gasteiger partial charge in [0.15, 0.2) is 0 Å². The molecule has 0 N–H and O–H groups in total. The van der Waals surface area contributed by atoms with E-state index in [2.05, 4.69) is 43.3 Å². The average Bonchev–Trinajstić information content (AvgIpc) is 3.17. The lowest BCUT2D eigenvalue weighted by atomic mass is 9.95. The van der Waals surface area contributed by atoms with Crippen molar-refractivity contribution in [3.8, 4) is 5.75 Å². The van der Waals surface area contributed by atoms with E-state index >= 15 is 0 Å². The van der Waals surface area contributed by atoms with Gasteiger partial charge in [-0.05, 0) is 48.6 Å². The van der Waals surface area contributed by atoms with Crippen molar-refractivity contribution < 1.29 is 9.53 Å². The second-order valence-corrected chi connectivity index (χ2v) is 9.29. The first-order chi connectivity index (χ1) is 16.6. The predicted molar refractivity (Wildman–Crippen MR) is 140 cm³/mol. The predicted octanol–water partition coefficient (Wildman–Crippen LogP) is 7.19. The number of hydrogen-bond donors (Lipinski definition) is 0. The van der Waals surface area contributed by atoms with Crippen molar-refractivity contribution in [3.05, 3.63) is 107 Å². The van der Waals surface area contributed by atoms with Crippen LogP contribution in [0.3, 0.4) is 0 Å². The molecular weight excluding hydrogens is 418 g/mol. The molecule has 0 aliphatic heterocycles. The summed E-state index contributed by atoms with van der Waals surface area (Å²) in [5.74, 6) is 0.843. The van der Waals surface area contributed by atoms with Crippen molar-refractivity contribution in [2.45, 2.75) is 58.1 Å². The molecule has 1 aliphatic rings. The largest absolute Gasteiger partial charge is 0.488 e. The molecule has 1 fully saturated rings. The number of aryl methyl sites for hydroxylation is 1. The number of carbonyl (C=O) groups excluding carboxylic acids is 1. The van der Waals surface area contributed by atoms with Crippen LogP contribution in [0.1, 0.15) is 60.8 Å². The van der Waals surface area contributed by atoms with E-state index < -0.39 is 0 Å². The molecule has 1 aliphatic carbocycles. The number of ether oxygens (including phenoxy) is 1. The number of amides is 1. The Bertz CT molecular complexity index is 1100. The van der Waals surface area contributed by atoms with Gasteiger partial charge >= 0.3 is 0 Å². The van der Waals surface area contributed by atoms with Gasteiger partial charge in [0.05, 0.1) is 0 Å². The summed E-state index contributed by atoms with van der Waals surface area (Å²) in [6.45, 7) is 2.56. The van der Waals surface area contributed by atoms with Crippen LogP contribution in [0.2, 0.25) is 0 Å². The van der Waals surface area contributed by atoms with E-state index in [0.29, 0.717) is 12.6 Å². The quantitative estimate of drug-likeness (QED) is 0.280. The Hall–Kier alpha value is -3.33. The van der Waals surface area contributed by atoms with Crippen molar-refractivity contribution in [3.63, 3.8) is 0 Å². The number of carbonyl (C=O) groups is 1. The summed E-state index contributed by atoms with van der Waals surface area (Å²) < 4.78 is 6.29. The molecule has 0 bridgehead atoms. The molecule has 34 heavy (non-hydrogen) atoms. The van der Waals surface area contributed by atoms with Gasteiger partial charge in [-0.1, -0.05) is 98.0 Å². The molecule has 176 valence electrons. The summed E-state index contributed by atoms with van der Waals surface area (Å²) >= 11 is 0. The number of hydrogen-bond acceptors (Lipinski definition) is 2. The molecule has 3 nitrogen and oxygen atoms in total. The molecule has 0 radical (unpaired) electrons. The van der Waals surface area contributed by atoms with Gasteiger partial charge in [-0.3, -0.25) is 4.79 Å². The number of likely N-dealkylation sites (N-methyl/N-ethyl adjacent to an activating group) is 1. The number of rotatable bonds is 7. The van der Waals surface area contributed by atoms with Crippen LogP contribution >= 0.6 is 0 Å². The molecule has 0 spiro atoms. The van der Waals surface area contributed by atoms with Crippen molar-refractivity contribution in [2.24, 2.45) is 0 Å². The van der Waals surface area contributed by atoms with Crippen molar-refractivity contribution in [1.29, 1.82) is 0 Å². The Morgan fingerprint density at radius 1 is 0.912 bits per heavy atom. The van der Waals surface area contributed by atoms with Crippen LogP contribution in [-0.2, 0) is 11.4 Å². The fourth-order valence-corrected chi connectivity index (χ4v) is 4.70. The van der Waals surface area contributed by atoms with E-state index in [9.17, 15) is 4.79 Å². The van der Waals surface area contributed by atoms with Gasteiger partial charge < -0.3 is 9.64 Å². The van der Waals surface area contributed by atoms with Crippen LogP contribution in [0.4, 0.5) is 0 Å². The molecule has 0 unspecified atom stereocenters. The van der Waals surface area contributed by atoms with Crippen molar-refractivity contribution >= 4 is 11.5 Å². The Labute approximate surface area is 204 Å². The van der Waals surface area contributed by atoms with Crippen molar-refractivity contribution in [2.75, 3.05) is 7.05 Å². The summed E-state index contributed by atoms with van der Waals surface area (Å²) in [4.78, 5) is 15.4. The topological polar surface area (TPSA) is 29.5 Å². The lowest BCUT2D eigenvalue weighted by Crippen LogP contribution is -2.35. The Balaban J connectivity index is 1.68. The second kappa shape index (κ2) is 11.7. The fraction of sp³-hybridized carbons (Fsp3) is 0.323. The molecule has 1 amide bonds. The number of nitrogens with zero attached hydrogens (tertiary/aromatic N) is 1. The minimum absolute atomic E-state index is 0.0567. The molecule has 3 aromatic carbocycles. The first-order valence-corrected chi connectivity index (χ1v) is 12.4. The van der Waals surface area contributed by atoms with E-state index in [4.69, 9.17) is 4.74 Å². The molecule has 0 saturated heterocycles. The number of benzene rings is 3. The normalized spacial score (nSPS) is 14.9. The van der Waals surface area contributed by atoms with Crippen LogP contribution in [-0.4, -0.2) is 23.9 Å². The third-order valence-corrected chi connectivity index (χ3v) is 6.74. The first kappa shape index (κ1) is 23.8. The minimum Gasteiger partial charge on any atom is -0.488 e. The summed E-state index contributed by atoms with van der Waals surface area (Å²) in [5.41, 5.74) is 5.11. The third-order valence-electron chi connectivity index (χ3n) is 6.74. The van der Waals surface area contributed by atoms with Gasteiger partial charge in [0.1, 0.15) is 12.4 Å². The third kappa shape index (κ3) is 6.17. The molecule has 4 rings (SSSR count). The molecule has 0 aromatic heterocycles. The lowest BCUT2D eigenvalue weighted by molar-refractivity contribution is -0.126. The van der Waals surface area contributed by atoms with Gasteiger partial charge in [-0.2, -0.15) is 0 Å². The van der Waals surface area contributed by atoms with Crippen molar-refractivity contribution in [1.82, 2.24) is 4.90 Å². The van der Waals surface area contributed by atoms with E-state index in [-0.39, 0.29) is 5.91 Å². The fourth-order valence-electron chi connectivity index (χ4n) is 4.70. The van der Waals surface area contributed by atoms with E-state index in [0.717, 1.165) is 46.4 Å². The Kier molecular flexibility index (Phi) is 8.19. The van der Waals surface area contributed by atoms with E-state index in [1.165, 1.54) is 25.7 Å². The molecule has 3 heteroatoms. The van der Waals surface area contributed by atoms with Gasteiger partial charge in [0, 0.05) is 24.7 Å². The van der Waals surface area contributed by atoms with Crippen LogP contribution in [0, 0.1) is 6.92 Å². The van der Waals surface area contributed by atoms with E-state index in [1.54, 1.807) is 0 Å². The molecule has 0 heterocycles. The standard InChI is InChI=1S/C31H35NO2/c1-24-19-20-30(34-23-25-13-7-5-8-14-25)29(21-24)28(26-15-9-6-10-16-26)22-31(33)32(2)27-17-11-3-4-12-18-27/h5-10,13-16,19-22,27H,3-4,11-12,17-18,23H2,1-2H3/b28-22+. The lowest BCUT2D eigenvalue weighted by Gasteiger charge is -2.26. The molecular formula is C31H35NO2. The highest BCUT2D eigenvalue weighted by atomic mass is 16.5. The Morgan fingerprint density at radius 3 is 2.24 bits per heavy atom. The zero-order valence-electron chi connectivity index (χ0n) is 20.4. The summed E-state index contributed by atoms with van der Waals surface area (Å²) in [5, 5.41) is 0.